The van der Waals surface area contributed by atoms with Crippen molar-refractivity contribution in [2.75, 3.05) is 45.2 Å². The third-order valence-electron chi connectivity index (χ3n) is 5.92. The molecular formula is C26H37N5O2S. The minimum absolute atomic E-state index is 0.246. The van der Waals surface area contributed by atoms with Crippen molar-refractivity contribution in [1.29, 1.82) is 0 Å². The average molecular weight is 484 g/mol. The van der Waals surface area contributed by atoms with Gasteiger partial charge >= 0.3 is 0 Å². The Morgan fingerprint density at radius 2 is 1.76 bits per heavy atom. The van der Waals surface area contributed by atoms with Gasteiger partial charge in [0.05, 0.1) is 17.9 Å². The van der Waals surface area contributed by atoms with E-state index >= 15 is 0 Å². The largest absolute Gasteiger partial charge is 0.494 e. The number of thiocarbonyl (C=S) groups is 1. The van der Waals surface area contributed by atoms with Crippen LogP contribution in [-0.4, -0.2) is 65.6 Å². The zero-order valence-corrected chi connectivity index (χ0v) is 21.2. The molecule has 0 spiro atoms. The molecule has 1 saturated heterocycles. The molecule has 1 aliphatic heterocycles. The lowest BCUT2D eigenvalue weighted by Crippen LogP contribution is -2.44. The minimum Gasteiger partial charge on any atom is -0.494 e. The molecule has 2 N–H and O–H groups in total. The maximum atomic E-state index is 12.5. The highest BCUT2D eigenvalue weighted by molar-refractivity contribution is 7.80. The summed E-state index contributed by atoms with van der Waals surface area (Å²) in [5, 5.41) is 6.01. The van der Waals surface area contributed by atoms with Crippen molar-refractivity contribution < 1.29 is 9.53 Å². The van der Waals surface area contributed by atoms with E-state index in [1.165, 1.54) is 25.7 Å². The molecule has 1 fully saturated rings. The molecule has 1 aliphatic rings. The Balaban J connectivity index is 1.39. The monoisotopic (exact) mass is 483 g/mol. The van der Waals surface area contributed by atoms with Gasteiger partial charge in [0.2, 0.25) is 0 Å². The average Bonchev–Trinajstić information content (AvgIpc) is 2.84. The number of rotatable bonds is 11. The molecule has 0 unspecified atom stereocenters. The van der Waals surface area contributed by atoms with Crippen LogP contribution in [0.25, 0.3) is 0 Å². The van der Waals surface area contributed by atoms with Gasteiger partial charge in [0.1, 0.15) is 5.75 Å². The third-order valence-corrected chi connectivity index (χ3v) is 6.13. The van der Waals surface area contributed by atoms with Crippen molar-refractivity contribution in [2.45, 2.75) is 45.6 Å². The molecule has 0 bridgehead atoms. The highest BCUT2D eigenvalue weighted by Gasteiger charge is 2.15. The Bertz CT molecular complexity index is 896. The Morgan fingerprint density at radius 1 is 1.03 bits per heavy atom. The van der Waals surface area contributed by atoms with Crippen molar-refractivity contribution in [3.63, 3.8) is 0 Å². The number of likely N-dealkylation sites (N-methyl/N-ethyl adjacent to an activating group) is 1. The van der Waals surface area contributed by atoms with E-state index in [-0.39, 0.29) is 11.0 Å². The summed E-state index contributed by atoms with van der Waals surface area (Å²) >= 11 is 5.30. The number of carbonyl (C=O) groups is 1. The number of piperazine rings is 1. The standard InChI is InChI=1S/C26H37N5O2S/c1-3-4-5-6-7-18-33-24-12-10-22(11-13-24)28-26(34)29-25(32)21-8-9-23(27-19-21)20-31-16-14-30(2)15-17-31/h8-13,19H,3-7,14-18,20H2,1-2H3,(H2,28,29,32,34). The first-order chi connectivity index (χ1) is 16.5. The normalized spacial score (nSPS) is 14.5. The second-order valence-electron chi connectivity index (χ2n) is 8.81. The molecule has 8 heteroatoms. The molecule has 7 nitrogen and oxygen atoms in total. The summed E-state index contributed by atoms with van der Waals surface area (Å²) in [6.07, 6.45) is 7.69. The van der Waals surface area contributed by atoms with Gasteiger partial charge in [-0.05, 0) is 62.1 Å². The number of benzene rings is 1. The van der Waals surface area contributed by atoms with E-state index in [0.29, 0.717) is 5.56 Å². The third kappa shape index (κ3) is 9.00. The van der Waals surface area contributed by atoms with Gasteiger partial charge in [-0.25, -0.2) is 0 Å². The number of anilines is 1. The molecule has 1 aromatic carbocycles. The Labute approximate surface area is 208 Å². The molecule has 34 heavy (non-hydrogen) atoms. The number of amides is 1. The first-order valence-corrected chi connectivity index (χ1v) is 12.7. The predicted octanol–water partition coefficient (Wildman–Crippen LogP) is 4.31. The van der Waals surface area contributed by atoms with Crippen LogP contribution in [0.3, 0.4) is 0 Å². The smallest absolute Gasteiger partial charge is 0.258 e. The summed E-state index contributed by atoms with van der Waals surface area (Å²) in [7, 11) is 2.14. The van der Waals surface area contributed by atoms with E-state index in [4.69, 9.17) is 17.0 Å². The number of unbranched alkanes of at least 4 members (excludes halogenated alkanes) is 4. The Morgan fingerprint density at radius 3 is 2.44 bits per heavy atom. The molecule has 0 saturated carbocycles. The molecule has 2 aromatic rings. The fraction of sp³-hybridized carbons (Fsp3) is 0.500. The minimum atomic E-state index is -0.279. The molecule has 0 atom stereocenters. The number of ether oxygens (including phenoxy) is 1. The number of nitrogens with one attached hydrogen (secondary N) is 2. The lowest BCUT2D eigenvalue weighted by atomic mass is 10.2. The number of carbonyl (C=O) groups excluding carboxylic acids is 1. The van der Waals surface area contributed by atoms with Crippen LogP contribution < -0.4 is 15.4 Å². The predicted molar refractivity (Wildman–Crippen MR) is 141 cm³/mol. The van der Waals surface area contributed by atoms with Crippen molar-refractivity contribution in [2.24, 2.45) is 0 Å². The summed E-state index contributed by atoms with van der Waals surface area (Å²) in [6.45, 7) is 7.95. The van der Waals surface area contributed by atoms with E-state index in [9.17, 15) is 4.79 Å². The van der Waals surface area contributed by atoms with Gasteiger partial charge in [-0.15, -0.1) is 0 Å². The molecule has 3 rings (SSSR count). The van der Waals surface area contributed by atoms with Gasteiger partial charge in [-0.3, -0.25) is 20.0 Å². The van der Waals surface area contributed by atoms with E-state index < -0.39 is 0 Å². The molecule has 1 amide bonds. The number of pyridine rings is 1. The molecule has 0 aliphatic carbocycles. The molecule has 184 valence electrons. The van der Waals surface area contributed by atoms with Crippen LogP contribution in [0.4, 0.5) is 5.69 Å². The number of hydrogen-bond acceptors (Lipinski definition) is 6. The number of hydrogen-bond donors (Lipinski definition) is 2. The summed E-state index contributed by atoms with van der Waals surface area (Å²) in [5.41, 5.74) is 2.24. The second-order valence-corrected chi connectivity index (χ2v) is 9.22. The van der Waals surface area contributed by atoms with E-state index in [2.05, 4.69) is 39.4 Å². The molecule has 1 aromatic heterocycles. The Kier molecular flexibility index (Phi) is 10.7. The summed E-state index contributed by atoms with van der Waals surface area (Å²) < 4.78 is 5.79. The van der Waals surface area contributed by atoms with Gasteiger partial charge in [0.25, 0.3) is 5.91 Å². The zero-order valence-electron chi connectivity index (χ0n) is 20.4. The van der Waals surface area contributed by atoms with E-state index in [0.717, 1.165) is 62.9 Å². The van der Waals surface area contributed by atoms with Crippen LogP contribution in [0.15, 0.2) is 42.6 Å². The van der Waals surface area contributed by atoms with Crippen molar-refractivity contribution >= 4 is 28.9 Å². The van der Waals surface area contributed by atoms with Crippen molar-refractivity contribution in [1.82, 2.24) is 20.1 Å². The van der Waals surface area contributed by atoms with Crippen molar-refractivity contribution in [3.05, 3.63) is 53.9 Å². The fourth-order valence-corrected chi connectivity index (χ4v) is 3.97. The highest BCUT2D eigenvalue weighted by atomic mass is 32.1. The fourth-order valence-electron chi connectivity index (χ4n) is 3.76. The number of aromatic nitrogens is 1. The van der Waals surface area contributed by atoms with Crippen LogP contribution in [0.5, 0.6) is 5.75 Å². The molecular weight excluding hydrogens is 446 g/mol. The van der Waals surface area contributed by atoms with Crippen LogP contribution in [0.1, 0.15) is 55.1 Å². The van der Waals surface area contributed by atoms with Crippen LogP contribution >= 0.6 is 12.2 Å². The van der Waals surface area contributed by atoms with Gasteiger partial charge in [0, 0.05) is 44.6 Å². The van der Waals surface area contributed by atoms with Gasteiger partial charge in [0.15, 0.2) is 5.11 Å². The van der Waals surface area contributed by atoms with Crippen molar-refractivity contribution in [3.8, 4) is 5.75 Å². The van der Waals surface area contributed by atoms with Gasteiger partial charge in [-0.2, -0.15) is 0 Å². The molecule has 0 radical (unpaired) electrons. The maximum absolute atomic E-state index is 12.5. The van der Waals surface area contributed by atoms with Gasteiger partial charge < -0.3 is 15.0 Å². The second kappa shape index (κ2) is 14.0. The Hall–Kier alpha value is -2.55. The van der Waals surface area contributed by atoms with Gasteiger partial charge in [-0.1, -0.05) is 32.6 Å². The summed E-state index contributed by atoms with van der Waals surface area (Å²) in [4.78, 5) is 21.7. The highest BCUT2D eigenvalue weighted by Crippen LogP contribution is 2.16. The van der Waals surface area contributed by atoms with Crippen LogP contribution in [0, 0.1) is 0 Å². The van der Waals surface area contributed by atoms with E-state index in [1.54, 1.807) is 12.3 Å². The first-order valence-electron chi connectivity index (χ1n) is 12.2. The quantitative estimate of drug-likeness (QED) is 0.365. The maximum Gasteiger partial charge on any atom is 0.258 e. The van der Waals surface area contributed by atoms with E-state index in [1.807, 2.05) is 30.3 Å². The molecule has 2 heterocycles. The zero-order chi connectivity index (χ0) is 24.2. The SMILES string of the molecule is CCCCCCCOc1ccc(NC(=S)NC(=O)c2ccc(CN3CCN(C)CC3)nc2)cc1. The van der Waals surface area contributed by atoms with Crippen LogP contribution in [-0.2, 0) is 6.54 Å². The first kappa shape index (κ1) is 26.1. The summed E-state index contributed by atoms with van der Waals surface area (Å²) in [6, 6.07) is 11.3. The topological polar surface area (TPSA) is 69.7 Å². The summed E-state index contributed by atoms with van der Waals surface area (Å²) in [5.74, 6) is 0.554. The number of nitrogens with zero attached hydrogens (tertiary/aromatic N) is 3. The van der Waals surface area contributed by atoms with Crippen LogP contribution in [0.2, 0.25) is 0 Å². The lowest BCUT2D eigenvalue weighted by Gasteiger charge is -2.32. The lowest BCUT2D eigenvalue weighted by molar-refractivity contribution is 0.0977.